The van der Waals surface area contributed by atoms with Crippen molar-refractivity contribution < 1.29 is 9.90 Å². The molecule has 0 spiro atoms. The molecule has 0 aliphatic rings. The van der Waals surface area contributed by atoms with Crippen LogP contribution in [0.5, 0.6) is 5.75 Å². The van der Waals surface area contributed by atoms with Crippen molar-refractivity contribution in [3.8, 4) is 5.75 Å². The lowest BCUT2D eigenvalue weighted by Crippen LogP contribution is -2.27. The minimum absolute atomic E-state index is 0.0553. The topological polar surface area (TPSA) is 77.2 Å². The highest BCUT2D eigenvalue weighted by atomic mass is 35.5. The Labute approximate surface area is 215 Å². The van der Waals surface area contributed by atoms with Gasteiger partial charge in [0.1, 0.15) is 5.75 Å². The van der Waals surface area contributed by atoms with Gasteiger partial charge < -0.3 is 20.7 Å². The fourth-order valence-electron chi connectivity index (χ4n) is 4.22. The number of halogens is 2. The van der Waals surface area contributed by atoms with Crippen LogP contribution in [0, 0.1) is 0 Å². The molecule has 182 valence electrons. The molecule has 0 radical (unpaired) electrons. The van der Waals surface area contributed by atoms with Crippen molar-refractivity contribution in [1.82, 2.24) is 15.6 Å². The second kappa shape index (κ2) is 12.1. The summed E-state index contributed by atoms with van der Waals surface area (Å²) < 4.78 is 0. The molecule has 3 aromatic carbocycles. The third-order valence-corrected chi connectivity index (χ3v) is 6.44. The molecule has 1 aromatic heterocycles. The van der Waals surface area contributed by atoms with E-state index in [4.69, 9.17) is 23.2 Å². The van der Waals surface area contributed by atoms with E-state index in [1.807, 2.05) is 48.7 Å². The summed E-state index contributed by atoms with van der Waals surface area (Å²) in [5.41, 5.74) is 4.93. The molecule has 0 saturated heterocycles. The van der Waals surface area contributed by atoms with Crippen LogP contribution in [0.15, 0.2) is 66.9 Å². The fraction of sp³-hybridized carbons (Fsp3) is 0.250. The summed E-state index contributed by atoms with van der Waals surface area (Å²) in [5, 5.41) is 18.6. The van der Waals surface area contributed by atoms with Gasteiger partial charge in [-0.15, -0.1) is 0 Å². The fourth-order valence-corrected chi connectivity index (χ4v) is 4.79. The summed E-state index contributed by atoms with van der Waals surface area (Å²) >= 11 is 12.1. The summed E-state index contributed by atoms with van der Waals surface area (Å²) in [6.07, 6.45) is 5.47. The Kier molecular flexibility index (Phi) is 8.69. The standard InChI is InChI=1S/C28H29Cl2N3O2/c29-22-13-19(14-23(30)15-22)5-3-4-11-32-28(35)25-7-2-1-6-20(25)17-31-12-10-21-18-33-27-9-8-24(34)16-26(21)27/h1-2,6-9,13-16,18,31,33-34H,3-5,10-12,17H2,(H,32,35). The number of nitrogens with one attached hydrogen (secondary N) is 3. The van der Waals surface area contributed by atoms with Gasteiger partial charge in [0, 0.05) is 45.8 Å². The third kappa shape index (κ3) is 7.01. The highest BCUT2D eigenvalue weighted by Crippen LogP contribution is 2.23. The van der Waals surface area contributed by atoms with Crippen molar-refractivity contribution in [2.75, 3.05) is 13.1 Å². The van der Waals surface area contributed by atoms with Crippen LogP contribution in [0.3, 0.4) is 0 Å². The maximum Gasteiger partial charge on any atom is 0.251 e. The van der Waals surface area contributed by atoms with Crippen LogP contribution in [0.4, 0.5) is 0 Å². The molecule has 35 heavy (non-hydrogen) atoms. The number of hydrogen-bond donors (Lipinski definition) is 4. The van der Waals surface area contributed by atoms with E-state index in [1.165, 1.54) is 0 Å². The summed E-state index contributed by atoms with van der Waals surface area (Å²) in [4.78, 5) is 16.0. The van der Waals surface area contributed by atoms with E-state index in [-0.39, 0.29) is 11.7 Å². The van der Waals surface area contributed by atoms with Crippen molar-refractivity contribution in [2.45, 2.75) is 32.2 Å². The molecular formula is C28H29Cl2N3O2. The molecule has 0 unspecified atom stereocenters. The highest BCUT2D eigenvalue weighted by Gasteiger charge is 2.11. The Hall–Kier alpha value is -2.99. The Morgan fingerprint density at radius 1 is 0.886 bits per heavy atom. The first-order chi connectivity index (χ1) is 17.0. The van der Waals surface area contributed by atoms with Gasteiger partial charge in [-0.1, -0.05) is 41.4 Å². The number of carbonyl (C=O) groups excluding carboxylic acids is 1. The second-order valence-corrected chi connectivity index (χ2v) is 9.49. The van der Waals surface area contributed by atoms with Gasteiger partial charge in [0.2, 0.25) is 0 Å². The number of carbonyl (C=O) groups is 1. The lowest BCUT2D eigenvalue weighted by Gasteiger charge is -2.11. The number of phenolic OH excluding ortho intramolecular Hbond substituents is 1. The first kappa shape index (κ1) is 25.1. The zero-order valence-corrected chi connectivity index (χ0v) is 20.9. The number of aromatic nitrogens is 1. The average Bonchev–Trinajstić information content (AvgIpc) is 3.23. The van der Waals surface area contributed by atoms with Gasteiger partial charge in [0.15, 0.2) is 0 Å². The monoisotopic (exact) mass is 509 g/mol. The smallest absolute Gasteiger partial charge is 0.251 e. The van der Waals surface area contributed by atoms with Gasteiger partial charge in [0.05, 0.1) is 0 Å². The van der Waals surface area contributed by atoms with E-state index < -0.39 is 0 Å². The zero-order chi connectivity index (χ0) is 24.6. The van der Waals surface area contributed by atoms with E-state index >= 15 is 0 Å². The Bertz CT molecular complexity index is 1280. The molecule has 5 nitrogen and oxygen atoms in total. The quantitative estimate of drug-likeness (QED) is 0.180. The SMILES string of the molecule is O=C(NCCCCc1cc(Cl)cc(Cl)c1)c1ccccc1CNCCc1c[nH]c2ccc(O)cc12. The maximum absolute atomic E-state index is 12.8. The first-order valence-electron chi connectivity index (χ1n) is 11.8. The van der Waals surface area contributed by atoms with E-state index in [1.54, 1.807) is 18.2 Å². The summed E-state index contributed by atoms with van der Waals surface area (Å²) in [6.45, 7) is 1.97. The lowest BCUT2D eigenvalue weighted by atomic mass is 10.1. The number of H-pyrrole nitrogens is 1. The van der Waals surface area contributed by atoms with Gasteiger partial charge in [-0.2, -0.15) is 0 Å². The number of rotatable bonds is 11. The van der Waals surface area contributed by atoms with E-state index in [2.05, 4.69) is 15.6 Å². The minimum Gasteiger partial charge on any atom is -0.508 e. The summed E-state index contributed by atoms with van der Waals surface area (Å²) in [6, 6.07) is 18.6. The van der Waals surface area contributed by atoms with Crippen LogP contribution in [0.1, 0.15) is 39.9 Å². The molecule has 4 aromatic rings. The number of unbranched alkanes of at least 4 members (excludes halogenated alkanes) is 1. The number of aryl methyl sites for hydroxylation is 1. The third-order valence-electron chi connectivity index (χ3n) is 6.00. The summed E-state index contributed by atoms with van der Waals surface area (Å²) in [7, 11) is 0. The number of phenols is 1. The zero-order valence-electron chi connectivity index (χ0n) is 19.4. The molecule has 4 rings (SSSR count). The van der Waals surface area contributed by atoms with Gasteiger partial charge in [-0.3, -0.25) is 4.79 Å². The lowest BCUT2D eigenvalue weighted by molar-refractivity contribution is 0.0952. The van der Waals surface area contributed by atoms with Crippen LogP contribution in [0.25, 0.3) is 10.9 Å². The molecule has 0 atom stereocenters. The van der Waals surface area contributed by atoms with Crippen LogP contribution in [0.2, 0.25) is 10.0 Å². The molecule has 0 fully saturated rings. The van der Waals surface area contributed by atoms with E-state index in [0.29, 0.717) is 28.7 Å². The molecule has 0 aliphatic carbocycles. The molecule has 1 amide bonds. The van der Waals surface area contributed by atoms with Gasteiger partial charge in [-0.25, -0.2) is 0 Å². The van der Waals surface area contributed by atoms with Crippen molar-refractivity contribution >= 4 is 40.0 Å². The minimum atomic E-state index is -0.0553. The van der Waals surface area contributed by atoms with Crippen LogP contribution >= 0.6 is 23.2 Å². The Balaban J connectivity index is 1.22. The van der Waals surface area contributed by atoms with Crippen LogP contribution in [-0.4, -0.2) is 29.1 Å². The molecule has 0 bridgehead atoms. The average molecular weight is 510 g/mol. The van der Waals surface area contributed by atoms with Crippen molar-refractivity contribution in [2.24, 2.45) is 0 Å². The second-order valence-electron chi connectivity index (χ2n) is 8.62. The number of amides is 1. The number of aromatic amines is 1. The number of hydrogen-bond acceptors (Lipinski definition) is 3. The van der Waals surface area contributed by atoms with E-state index in [0.717, 1.165) is 59.8 Å². The van der Waals surface area contributed by atoms with Gasteiger partial charge >= 0.3 is 0 Å². The van der Waals surface area contributed by atoms with Crippen molar-refractivity contribution in [1.29, 1.82) is 0 Å². The highest BCUT2D eigenvalue weighted by molar-refractivity contribution is 6.34. The van der Waals surface area contributed by atoms with Gasteiger partial charge in [-0.05, 0) is 91.4 Å². The van der Waals surface area contributed by atoms with E-state index in [9.17, 15) is 9.90 Å². The number of benzene rings is 3. The van der Waals surface area contributed by atoms with Crippen LogP contribution in [-0.2, 0) is 19.4 Å². The van der Waals surface area contributed by atoms with Crippen molar-refractivity contribution in [3.05, 3.63) is 99.2 Å². The van der Waals surface area contributed by atoms with Crippen LogP contribution < -0.4 is 10.6 Å². The van der Waals surface area contributed by atoms with Crippen molar-refractivity contribution in [3.63, 3.8) is 0 Å². The number of aromatic hydroxyl groups is 1. The Morgan fingerprint density at radius 2 is 1.69 bits per heavy atom. The Morgan fingerprint density at radius 3 is 2.51 bits per heavy atom. The predicted octanol–water partition coefficient (Wildman–Crippen LogP) is 6.27. The molecule has 1 heterocycles. The largest absolute Gasteiger partial charge is 0.508 e. The molecular weight excluding hydrogens is 481 g/mol. The normalized spacial score (nSPS) is 11.1. The molecule has 4 N–H and O–H groups in total. The first-order valence-corrected chi connectivity index (χ1v) is 12.6. The summed E-state index contributed by atoms with van der Waals surface area (Å²) in [5.74, 6) is 0.209. The molecule has 7 heteroatoms. The molecule has 0 aliphatic heterocycles. The maximum atomic E-state index is 12.8. The predicted molar refractivity (Wildman–Crippen MR) is 144 cm³/mol. The van der Waals surface area contributed by atoms with Gasteiger partial charge in [0.25, 0.3) is 5.91 Å². The molecule has 0 saturated carbocycles. The number of fused-ring (bicyclic) bond motifs is 1.